The highest BCUT2D eigenvalue weighted by molar-refractivity contribution is 6.52. The molecule has 1 aromatic heterocycles. The SMILES string of the molecule is [O-]c1c(O)c(Cl)c(Cl)c(Cl)c1Cl.c1cc[nH+]cc1. The standard InChI is InChI=1S/C6H2Cl4O2.C5H5N/c7-1-2(8)4(10)6(12)5(11)3(1)9;1-2-4-6-5-3-1/h11-12H;1-5H. The maximum Gasteiger partial charge on any atom is 0.166 e. The molecule has 0 saturated carbocycles. The van der Waals surface area contributed by atoms with Gasteiger partial charge < -0.3 is 10.2 Å². The third-order valence-corrected chi connectivity index (χ3v) is 3.58. The first-order valence-electron chi connectivity index (χ1n) is 4.59. The fourth-order valence-corrected chi connectivity index (χ4v) is 1.77. The van der Waals surface area contributed by atoms with Crippen molar-refractivity contribution in [3.63, 3.8) is 0 Å². The van der Waals surface area contributed by atoms with Gasteiger partial charge in [-0.05, 0) is 5.75 Å². The summed E-state index contributed by atoms with van der Waals surface area (Å²) in [5.41, 5.74) is 0. The van der Waals surface area contributed by atoms with Gasteiger partial charge in [-0.3, -0.25) is 0 Å². The monoisotopic (exact) mass is 325 g/mol. The van der Waals surface area contributed by atoms with Crippen LogP contribution in [0.1, 0.15) is 0 Å². The number of nitrogens with one attached hydrogen (secondary N) is 1. The van der Waals surface area contributed by atoms with Crippen LogP contribution in [-0.2, 0) is 0 Å². The van der Waals surface area contributed by atoms with Crippen LogP contribution in [0.15, 0.2) is 30.6 Å². The van der Waals surface area contributed by atoms with Crippen LogP contribution in [0, 0.1) is 0 Å². The highest BCUT2D eigenvalue weighted by Gasteiger charge is 2.13. The molecule has 2 aromatic rings. The molecule has 18 heavy (non-hydrogen) atoms. The molecule has 96 valence electrons. The minimum Gasteiger partial charge on any atom is -0.869 e. The number of rotatable bonds is 0. The van der Waals surface area contributed by atoms with Gasteiger partial charge in [-0.2, -0.15) is 0 Å². The van der Waals surface area contributed by atoms with Crippen LogP contribution < -0.4 is 10.1 Å². The lowest BCUT2D eigenvalue weighted by Gasteiger charge is -2.14. The fourth-order valence-electron chi connectivity index (χ4n) is 0.942. The summed E-state index contributed by atoms with van der Waals surface area (Å²) in [7, 11) is 0. The van der Waals surface area contributed by atoms with Gasteiger partial charge in [0.05, 0.1) is 15.1 Å². The molecule has 7 heteroatoms. The molecule has 2 N–H and O–H groups in total. The zero-order valence-corrected chi connectivity index (χ0v) is 11.8. The van der Waals surface area contributed by atoms with Crippen molar-refractivity contribution in [1.29, 1.82) is 0 Å². The number of phenolic OH excluding ortho intramolecular Hbond substituents is 1. The van der Waals surface area contributed by atoms with E-state index in [-0.39, 0.29) is 20.1 Å². The maximum absolute atomic E-state index is 11.0. The van der Waals surface area contributed by atoms with Crippen LogP contribution in [0.3, 0.4) is 0 Å². The normalized spacial score (nSPS) is 9.56. The Morgan fingerprint density at radius 3 is 1.72 bits per heavy atom. The molecule has 0 aliphatic carbocycles. The first-order valence-corrected chi connectivity index (χ1v) is 6.11. The van der Waals surface area contributed by atoms with Gasteiger partial charge >= 0.3 is 0 Å². The zero-order valence-electron chi connectivity index (χ0n) is 8.75. The van der Waals surface area contributed by atoms with E-state index < -0.39 is 11.5 Å². The van der Waals surface area contributed by atoms with Crippen molar-refractivity contribution in [3.8, 4) is 11.5 Å². The van der Waals surface area contributed by atoms with Crippen LogP contribution in [-0.4, -0.2) is 5.11 Å². The van der Waals surface area contributed by atoms with Crippen LogP contribution >= 0.6 is 46.4 Å². The smallest absolute Gasteiger partial charge is 0.166 e. The number of hydrogen-bond donors (Lipinski definition) is 1. The van der Waals surface area contributed by atoms with Gasteiger partial charge in [-0.1, -0.05) is 52.5 Å². The second-order valence-electron chi connectivity index (χ2n) is 3.01. The Bertz CT molecular complexity index is 403. The fraction of sp³-hybridized carbons (Fsp3) is 0. The number of aromatic nitrogens is 1. The van der Waals surface area contributed by atoms with E-state index in [1.54, 1.807) is 0 Å². The summed E-state index contributed by atoms with van der Waals surface area (Å²) in [5, 5.41) is 19.1. The Balaban J connectivity index is 0.000000225. The first-order chi connectivity index (χ1) is 8.46. The molecule has 0 saturated heterocycles. The van der Waals surface area contributed by atoms with Crippen LogP contribution in [0.4, 0.5) is 0 Å². The maximum atomic E-state index is 11.0. The van der Waals surface area contributed by atoms with Gasteiger partial charge in [0.1, 0.15) is 10.8 Å². The third kappa shape index (κ3) is 3.56. The molecule has 2 rings (SSSR count). The molecule has 0 aliphatic heterocycles. The largest absolute Gasteiger partial charge is 0.869 e. The quantitative estimate of drug-likeness (QED) is 0.594. The van der Waals surface area contributed by atoms with Gasteiger partial charge in [-0.25, -0.2) is 4.98 Å². The van der Waals surface area contributed by atoms with Crippen molar-refractivity contribution in [2.24, 2.45) is 0 Å². The van der Waals surface area contributed by atoms with Crippen molar-refractivity contribution < 1.29 is 15.2 Å². The summed E-state index contributed by atoms with van der Waals surface area (Å²) in [6.45, 7) is 0. The average Bonchev–Trinajstić information content (AvgIpc) is 2.43. The van der Waals surface area contributed by atoms with Crippen molar-refractivity contribution in [3.05, 3.63) is 50.7 Å². The van der Waals surface area contributed by atoms with Crippen molar-refractivity contribution in [2.45, 2.75) is 0 Å². The molecular formula is C11H7Cl4NO2. The second-order valence-corrected chi connectivity index (χ2v) is 4.52. The van der Waals surface area contributed by atoms with Crippen LogP contribution in [0.2, 0.25) is 20.1 Å². The van der Waals surface area contributed by atoms with Gasteiger partial charge in [0.25, 0.3) is 0 Å². The van der Waals surface area contributed by atoms with Gasteiger partial charge in [0.2, 0.25) is 0 Å². The molecule has 0 spiro atoms. The molecule has 3 nitrogen and oxygen atoms in total. The summed E-state index contributed by atoms with van der Waals surface area (Å²) in [4.78, 5) is 2.89. The van der Waals surface area contributed by atoms with E-state index in [0.29, 0.717) is 0 Å². The molecule has 0 unspecified atom stereocenters. The van der Waals surface area contributed by atoms with E-state index in [4.69, 9.17) is 51.5 Å². The lowest BCUT2D eigenvalue weighted by molar-refractivity contribution is -0.377. The van der Waals surface area contributed by atoms with Crippen LogP contribution in [0.25, 0.3) is 0 Å². The van der Waals surface area contributed by atoms with Gasteiger partial charge in [0, 0.05) is 12.1 Å². The highest BCUT2D eigenvalue weighted by atomic mass is 35.5. The summed E-state index contributed by atoms with van der Waals surface area (Å²) < 4.78 is 0. The number of benzene rings is 1. The minimum atomic E-state index is -0.823. The molecular weight excluding hydrogens is 320 g/mol. The molecule has 0 bridgehead atoms. The predicted molar refractivity (Wildman–Crippen MR) is 70.6 cm³/mol. The Morgan fingerprint density at radius 1 is 0.833 bits per heavy atom. The van der Waals surface area contributed by atoms with Gasteiger partial charge in [-0.15, -0.1) is 0 Å². The van der Waals surface area contributed by atoms with Crippen LogP contribution in [0.5, 0.6) is 11.5 Å². The molecule has 0 aliphatic rings. The Hall–Kier alpha value is -0.870. The second kappa shape index (κ2) is 6.90. The molecule has 0 amide bonds. The zero-order chi connectivity index (χ0) is 13.7. The predicted octanol–water partition coefficient (Wildman–Crippen LogP) is 3.58. The van der Waals surface area contributed by atoms with Crippen molar-refractivity contribution in [1.82, 2.24) is 0 Å². The Labute approximate surface area is 124 Å². The van der Waals surface area contributed by atoms with Gasteiger partial charge in [0.15, 0.2) is 12.4 Å². The number of H-pyrrole nitrogens is 1. The third-order valence-electron chi connectivity index (χ3n) is 1.81. The summed E-state index contributed by atoms with van der Waals surface area (Å²) in [6.07, 6.45) is 3.75. The molecule has 0 radical (unpaired) electrons. The van der Waals surface area contributed by atoms with E-state index in [0.717, 1.165) is 0 Å². The number of hydrogen-bond acceptors (Lipinski definition) is 2. The lowest BCUT2D eigenvalue weighted by Crippen LogP contribution is -1.93. The number of pyridine rings is 1. The Kier molecular flexibility index (Phi) is 5.82. The molecule has 0 fully saturated rings. The van der Waals surface area contributed by atoms with E-state index in [1.807, 2.05) is 30.6 Å². The summed E-state index contributed by atoms with van der Waals surface area (Å²) in [6, 6.07) is 5.86. The molecule has 1 aromatic carbocycles. The van der Waals surface area contributed by atoms with E-state index in [1.165, 1.54) is 0 Å². The number of phenols is 1. The summed E-state index contributed by atoms with van der Waals surface area (Å²) in [5.74, 6) is -1.51. The van der Waals surface area contributed by atoms with Crippen molar-refractivity contribution >= 4 is 46.4 Å². The first kappa shape index (κ1) is 15.2. The lowest BCUT2D eigenvalue weighted by atomic mass is 10.3. The van der Waals surface area contributed by atoms with E-state index in [2.05, 4.69) is 4.98 Å². The molecule has 1 heterocycles. The number of aromatic hydroxyl groups is 1. The molecule has 0 atom stereocenters. The minimum absolute atomic E-state index is 0.125. The van der Waals surface area contributed by atoms with Crippen molar-refractivity contribution in [2.75, 3.05) is 0 Å². The topological polar surface area (TPSA) is 57.4 Å². The average molecular weight is 327 g/mol. The number of aromatic amines is 1. The van der Waals surface area contributed by atoms with E-state index >= 15 is 0 Å². The number of halogens is 4. The van der Waals surface area contributed by atoms with E-state index in [9.17, 15) is 5.11 Å². The summed E-state index contributed by atoms with van der Waals surface area (Å²) >= 11 is 21.9. The highest BCUT2D eigenvalue weighted by Crippen LogP contribution is 2.47. The Morgan fingerprint density at radius 2 is 1.33 bits per heavy atom.